The molecule has 1 N–H and O–H groups in total. The van der Waals surface area contributed by atoms with Crippen LogP contribution < -0.4 is 5.32 Å². The van der Waals surface area contributed by atoms with E-state index in [2.05, 4.69) is 26.2 Å². The van der Waals surface area contributed by atoms with Gasteiger partial charge in [0.05, 0.1) is 17.7 Å². The van der Waals surface area contributed by atoms with E-state index < -0.39 is 0 Å². The zero-order valence-electron chi connectivity index (χ0n) is 9.24. The quantitative estimate of drug-likeness (QED) is 0.946. The number of halogens is 1. The highest BCUT2D eigenvalue weighted by Crippen LogP contribution is 2.13. The lowest BCUT2D eigenvalue weighted by Gasteiger charge is -2.04. The summed E-state index contributed by atoms with van der Waals surface area (Å²) in [7, 11) is 0. The van der Waals surface area contributed by atoms with Gasteiger partial charge >= 0.3 is 0 Å². The van der Waals surface area contributed by atoms with E-state index in [9.17, 15) is 4.79 Å². The van der Waals surface area contributed by atoms with E-state index in [4.69, 9.17) is 0 Å². The number of carbonyl (C=O) groups is 1. The van der Waals surface area contributed by atoms with Gasteiger partial charge in [-0.3, -0.25) is 4.79 Å². The lowest BCUT2D eigenvalue weighted by Crippen LogP contribution is -2.22. The standard InChI is InChI=1S/C12H11BrN2OS/c1-8-11(17-7-15-8)6-14-12(16)9-2-4-10(13)5-3-9/h2-5,7H,6H2,1H3,(H,14,16). The van der Waals surface area contributed by atoms with Gasteiger partial charge in [-0.25, -0.2) is 4.98 Å². The number of rotatable bonds is 3. The minimum Gasteiger partial charge on any atom is -0.347 e. The Hall–Kier alpha value is -1.20. The van der Waals surface area contributed by atoms with Gasteiger partial charge in [0.1, 0.15) is 0 Å². The van der Waals surface area contributed by atoms with Gasteiger partial charge in [-0.2, -0.15) is 0 Å². The summed E-state index contributed by atoms with van der Waals surface area (Å²) < 4.78 is 0.965. The molecule has 1 aromatic carbocycles. The summed E-state index contributed by atoms with van der Waals surface area (Å²) in [6, 6.07) is 7.29. The number of hydrogen-bond acceptors (Lipinski definition) is 3. The summed E-state index contributed by atoms with van der Waals surface area (Å²) in [5.74, 6) is -0.0645. The first-order valence-corrected chi connectivity index (χ1v) is 6.77. The first-order chi connectivity index (χ1) is 8.16. The Morgan fingerprint density at radius 2 is 2.12 bits per heavy atom. The Bertz CT molecular complexity index is 522. The molecule has 0 bridgehead atoms. The molecule has 17 heavy (non-hydrogen) atoms. The molecule has 0 spiro atoms. The highest BCUT2D eigenvalue weighted by Gasteiger charge is 2.06. The maximum Gasteiger partial charge on any atom is 0.251 e. The van der Waals surface area contributed by atoms with Crippen LogP contribution >= 0.6 is 27.3 Å². The Morgan fingerprint density at radius 3 is 2.71 bits per heavy atom. The van der Waals surface area contributed by atoms with Crippen molar-refractivity contribution in [2.75, 3.05) is 0 Å². The fourth-order valence-electron chi connectivity index (χ4n) is 1.36. The van der Waals surface area contributed by atoms with E-state index in [0.717, 1.165) is 15.0 Å². The van der Waals surface area contributed by atoms with Gasteiger partial charge in [0.15, 0.2) is 0 Å². The molecule has 2 rings (SSSR count). The monoisotopic (exact) mass is 310 g/mol. The SMILES string of the molecule is Cc1ncsc1CNC(=O)c1ccc(Br)cc1. The molecule has 0 radical (unpaired) electrons. The van der Waals surface area contributed by atoms with Gasteiger partial charge in [-0.15, -0.1) is 11.3 Å². The number of nitrogens with zero attached hydrogens (tertiary/aromatic N) is 1. The molecule has 0 saturated carbocycles. The van der Waals surface area contributed by atoms with Crippen molar-refractivity contribution in [3.63, 3.8) is 0 Å². The largest absolute Gasteiger partial charge is 0.347 e. The predicted octanol–water partition coefficient (Wildman–Crippen LogP) is 3.14. The third-order valence-electron chi connectivity index (χ3n) is 2.36. The highest BCUT2D eigenvalue weighted by atomic mass is 79.9. The minimum atomic E-state index is -0.0645. The van der Waals surface area contributed by atoms with Crippen molar-refractivity contribution in [3.8, 4) is 0 Å². The number of aromatic nitrogens is 1. The fraction of sp³-hybridized carbons (Fsp3) is 0.167. The third kappa shape index (κ3) is 3.14. The van der Waals surface area contributed by atoms with Crippen molar-refractivity contribution in [3.05, 3.63) is 50.4 Å². The number of aryl methyl sites for hydroxylation is 1. The molecule has 2 aromatic rings. The molecule has 1 amide bonds. The van der Waals surface area contributed by atoms with Crippen molar-refractivity contribution in [2.24, 2.45) is 0 Å². The first-order valence-electron chi connectivity index (χ1n) is 5.09. The smallest absolute Gasteiger partial charge is 0.251 e. The van der Waals surface area contributed by atoms with Crippen molar-refractivity contribution < 1.29 is 4.79 Å². The van der Waals surface area contributed by atoms with Crippen LogP contribution in [0.4, 0.5) is 0 Å². The fourth-order valence-corrected chi connectivity index (χ4v) is 2.34. The van der Waals surface area contributed by atoms with Gasteiger partial charge in [0, 0.05) is 14.9 Å². The van der Waals surface area contributed by atoms with Crippen LogP contribution in [0.1, 0.15) is 20.9 Å². The van der Waals surface area contributed by atoms with Gasteiger partial charge in [-0.1, -0.05) is 15.9 Å². The van der Waals surface area contributed by atoms with Crippen molar-refractivity contribution >= 4 is 33.2 Å². The number of thiazole rings is 1. The zero-order chi connectivity index (χ0) is 12.3. The van der Waals surface area contributed by atoms with Crippen molar-refractivity contribution in [2.45, 2.75) is 13.5 Å². The van der Waals surface area contributed by atoms with Crippen LogP contribution in [-0.2, 0) is 6.54 Å². The molecule has 88 valence electrons. The van der Waals surface area contributed by atoms with Crippen LogP contribution in [0.15, 0.2) is 34.2 Å². The molecule has 1 heterocycles. The van der Waals surface area contributed by atoms with E-state index in [1.165, 1.54) is 0 Å². The summed E-state index contributed by atoms with van der Waals surface area (Å²) in [6.45, 7) is 2.48. The average molecular weight is 311 g/mol. The molecule has 0 unspecified atom stereocenters. The van der Waals surface area contributed by atoms with Crippen LogP contribution in [0.3, 0.4) is 0 Å². The van der Waals surface area contributed by atoms with Gasteiger partial charge in [0.25, 0.3) is 5.91 Å². The molecule has 0 aliphatic carbocycles. The molecule has 0 atom stereocenters. The topological polar surface area (TPSA) is 42.0 Å². The summed E-state index contributed by atoms with van der Waals surface area (Å²) in [5.41, 5.74) is 3.43. The first kappa shape index (κ1) is 12.3. The lowest BCUT2D eigenvalue weighted by molar-refractivity contribution is 0.0951. The van der Waals surface area contributed by atoms with E-state index in [0.29, 0.717) is 12.1 Å². The van der Waals surface area contributed by atoms with Crippen LogP contribution in [0.2, 0.25) is 0 Å². The maximum absolute atomic E-state index is 11.8. The van der Waals surface area contributed by atoms with Crippen molar-refractivity contribution in [1.29, 1.82) is 0 Å². The van der Waals surface area contributed by atoms with Crippen LogP contribution in [0.25, 0.3) is 0 Å². The van der Waals surface area contributed by atoms with Crippen LogP contribution in [0.5, 0.6) is 0 Å². The summed E-state index contributed by atoms with van der Waals surface area (Å²) in [6.07, 6.45) is 0. The maximum atomic E-state index is 11.8. The summed E-state index contributed by atoms with van der Waals surface area (Å²) in [4.78, 5) is 17.1. The molecular weight excluding hydrogens is 300 g/mol. The average Bonchev–Trinajstić information content (AvgIpc) is 2.73. The Morgan fingerprint density at radius 1 is 1.41 bits per heavy atom. The molecule has 0 aliphatic rings. The second-order valence-electron chi connectivity index (χ2n) is 3.55. The molecule has 0 aliphatic heterocycles. The summed E-state index contributed by atoms with van der Waals surface area (Å²) >= 11 is 4.89. The molecule has 0 fully saturated rings. The second-order valence-corrected chi connectivity index (χ2v) is 5.41. The predicted molar refractivity (Wildman–Crippen MR) is 72.2 cm³/mol. The molecule has 3 nitrogen and oxygen atoms in total. The Kier molecular flexibility index (Phi) is 3.91. The van der Waals surface area contributed by atoms with E-state index in [1.807, 2.05) is 19.1 Å². The molecule has 1 aromatic heterocycles. The Labute approximate surface area is 112 Å². The number of benzene rings is 1. The third-order valence-corrected chi connectivity index (χ3v) is 3.82. The zero-order valence-corrected chi connectivity index (χ0v) is 11.6. The van der Waals surface area contributed by atoms with Gasteiger partial charge in [-0.05, 0) is 31.2 Å². The van der Waals surface area contributed by atoms with E-state index in [1.54, 1.807) is 29.0 Å². The van der Waals surface area contributed by atoms with Gasteiger partial charge < -0.3 is 5.32 Å². The molecule has 0 saturated heterocycles. The lowest BCUT2D eigenvalue weighted by atomic mass is 10.2. The van der Waals surface area contributed by atoms with Gasteiger partial charge in [0.2, 0.25) is 0 Å². The second kappa shape index (κ2) is 5.42. The number of nitrogens with one attached hydrogen (secondary N) is 1. The number of hydrogen-bond donors (Lipinski definition) is 1. The van der Waals surface area contributed by atoms with Crippen molar-refractivity contribution in [1.82, 2.24) is 10.3 Å². The Balaban J connectivity index is 1.98. The number of carbonyl (C=O) groups excluding carboxylic acids is 1. The normalized spacial score (nSPS) is 10.2. The van der Waals surface area contributed by atoms with Crippen LogP contribution in [-0.4, -0.2) is 10.9 Å². The molecule has 5 heteroatoms. The number of amides is 1. The van der Waals surface area contributed by atoms with Crippen LogP contribution in [0, 0.1) is 6.92 Å². The van der Waals surface area contributed by atoms with E-state index >= 15 is 0 Å². The summed E-state index contributed by atoms with van der Waals surface area (Å²) in [5, 5.41) is 2.88. The highest BCUT2D eigenvalue weighted by molar-refractivity contribution is 9.10. The minimum absolute atomic E-state index is 0.0645. The molecular formula is C12H11BrN2OS. The van der Waals surface area contributed by atoms with E-state index in [-0.39, 0.29) is 5.91 Å².